The van der Waals surface area contributed by atoms with E-state index in [1.807, 2.05) is 13.8 Å². The molecule has 1 aliphatic rings. The molecule has 1 rings (SSSR count). The molecule has 0 spiro atoms. The number of halogens is 1. The molecule has 0 bridgehead atoms. The maximum atomic E-state index is 5.07. The fourth-order valence-corrected chi connectivity index (χ4v) is 1.03. The summed E-state index contributed by atoms with van der Waals surface area (Å²) in [7, 11) is 0. The molecule has 74 valence electrons. The fourth-order valence-electron chi connectivity index (χ4n) is 0.745. The van der Waals surface area contributed by atoms with Crippen LogP contribution in [0, 0.1) is 0 Å². The van der Waals surface area contributed by atoms with Crippen molar-refractivity contribution in [3.05, 3.63) is 0 Å². The van der Waals surface area contributed by atoms with E-state index in [2.05, 4.69) is 20.1 Å². The van der Waals surface area contributed by atoms with Crippen LogP contribution in [-0.2, 0) is 9.47 Å². The van der Waals surface area contributed by atoms with Gasteiger partial charge in [0.15, 0.2) is 0 Å². The van der Waals surface area contributed by atoms with Gasteiger partial charge in [0.25, 0.3) is 0 Å². The number of hydrogen-bond acceptors (Lipinski definition) is 3. The first-order valence-corrected chi connectivity index (χ1v) is 5.08. The van der Waals surface area contributed by atoms with Gasteiger partial charge in [-0.1, -0.05) is 0 Å². The molecule has 0 radical (unpaired) electrons. The van der Waals surface area contributed by atoms with E-state index in [9.17, 15) is 0 Å². The second-order valence-electron chi connectivity index (χ2n) is 2.30. The Labute approximate surface area is 83.4 Å². The molecule has 1 saturated heterocycles. The van der Waals surface area contributed by atoms with Crippen molar-refractivity contribution in [2.45, 2.75) is 13.8 Å². The van der Waals surface area contributed by atoms with Gasteiger partial charge in [-0.2, -0.15) is 0 Å². The summed E-state index contributed by atoms with van der Waals surface area (Å²) in [5, 5.41) is 0. The first-order valence-electron chi connectivity index (χ1n) is 4.37. The second kappa shape index (κ2) is 9.45. The van der Waals surface area contributed by atoms with Gasteiger partial charge in [0, 0.05) is 42.5 Å². The quantitative estimate of drug-likeness (QED) is 0.685. The van der Waals surface area contributed by atoms with E-state index in [-0.39, 0.29) is 0 Å². The van der Waals surface area contributed by atoms with Crippen LogP contribution in [0.2, 0.25) is 0 Å². The summed E-state index contributed by atoms with van der Waals surface area (Å²) in [6.45, 7) is 9.43. The Balaban J connectivity index is 0.000000217. The highest BCUT2D eigenvalue weighted by atomic mass is 79.9. The average Bonchev–Trinajstić information content (AvgIpc) is 2.08. The summed E-state index contributed by atoms with van der Waals surface area (Å²) < 4.78 is 12.0. The maximum Gasteiger partial charge on any atom is 0.0603 e. The van der Waals surface area contributed by atoms with Gasteiger partial charge >= 0.3 is 0 Å². The number of ether oxygens (including phenoxy) is 2. The molecule has 0 amide bonds. The number of morpholine rings is 1. The molecule has 1 fully saturated rings. The molecule has 0 unspecified atom stereocenters. The van der Waals surface area contributed by atoms with Gasteiger partial charge in [-0.05, 0) is 13.8 Å². The largest absolute Gasteiger partial charge is 0.382 e. The summed E-state index contributed by atoms with van der Waals surface area (Å²) in [6.07, 6.45) is 0. The molecule has 4 heteroatoms. The Kier molecular flexibility index (Phi) is 9.73. The van der Waals surface area contributed by atoms with Crippen molar-refractivity contribution in [2.75, 3.05) is 39.5 Å². The molecule has 1 aliphatic heterocycles. The summed E-state index contributed by atoms with van der Waals surface area (Å²) in [5.74, 6) is 0. The highest BCUT2D eigenvalue weighted by molar-refractivity contribution is 9.07. The standard InChI is InChI=1S/C4H8BrNO.C4H10O/c5-6-1-3-7-4-2-6;1-3-5-4-2/h1-4H2;3-4H2,1-2H3. The lowest BCUT2D eigenvalue weighted by Gasteiger charge is -2.18. The minimum Gasteiger partial charge on any atom is -0.382 e. The van der Waals surface area contributed by atoms with Crippen molar-refractivity contribution in [1.29, 1.82) is 0 Å². The van der Waals surface area contributed by atoms with Gasteiger partial charge < -0.3 is 9.47 Å². The van der Waals surface area contributed by atoms with Gasteiger partial charge in [0.1, 0.15) is 0 Å². The van der Waals surface area contributed by atoms with Crippen LogP contribution in [0.5, 0.6) is 0 Å². The normalized spacial score (nSPS) is 18.2. The highest BCUT2D eigenvalue weighted by Crippen LogP contribution is 2.00. The van der Waals surface area contributed by atoms with Crippen LogP contribution in [0.15, 0.2) is 0 Å². The van der Waals surface area contributed by atoms with Crippen molar-refractivity contribution < 1.29 is 9.47 Å². The van der Waals surface area contributed by atoms with E-state index >= 15 is 0 Å². The van der Waals surface area contributed by atoms with Crippen molar-refractivity contribution in [2.24, 2.45) is 0 Å². The number of rotatable bonds is 2. The number of hydrogen-bond donors (Lipinski definition) is 0. The fraction of sp³-hybridized carbons (Fsp3) is 1.00. The van der Waals surface area contributed by atoms with Crippen LogP contribution in [-0.4, -0.2) is 43.4 Å². The molecule has 3 nitrogen and oxygen atoms in total. The van der Waals surface area contributed by atoms with E-state index < -0.39 is 0 Å². The Hall–Kier alpha value is 0.360. The van der Waals surface area contributed by atoms with Gasteiger partial charge in [-0.25, -0.2) is 3.93 Å². The molecule has 0 aromatic carbocycles. The predicted octanol–water partition coefficient (Wildman–Crippen LogP) is 1.67. The maximum absolute atomic E-state index is 5.07. The summed E-state index contributed by atoms with van der Waals surface area (Å²) >= 11 is 3.34. The van der Waals surface area contributed by atoms with Gasteiger partial charge in [-0.15, -0.1) is 0 Å². The van der Waals surface area contributed by atoms with E-state index in [1.54, 1.807) is 0 Å². The van der Waals surface area contributed by atoms with Crippen molar-refractivity contribution in [1.82, 2.24) is 3.93 Å². The second-order valence-corrected chi connectivity index (χ2v) is 3.31. The molecule has 1 heterocycles. The number of nitrogens with zero attached hydrogens (tertiary/aromatic N) is 1. The Bertz CT molecular complexity index is 85.1. The average molecular weight is 240 g/mol. The molecule has 0 saturated carbocycles. The third kappa shape index (κ3) is 8.46. The highest BCUT2D eigenvalue weighted by Gasteiger charge is 2.04. The molecular weight excluding hydrogens is 222 g/mol. The first-order chi connectivity index (χ1) is 5.81. The summed E-state index contributed by atoms with van der Waals surface area (Å²) in [4.78, 5) is 0. The zero-order chi connectivity index (χ0) is 9.23. The van der Waals surface area contributed by atoms with Gasteiger partial charge in [0.05, 0.1) is 13.2 Å². The molecule has 0 aromatic heterocycles. The Morgan fingerprint density at radius 1 is 1.25 bits per heavy atom. The Morgan fingerprint density at radius 3 is 1.92 bits per heavy atom. The van der Waals surface area contributed by atoms with Crippen LogP contribution < -0.4 is 0 Å². The van der Waals surface area contributed by atoms with E-state index in [0.29, 0.717) is 0 Å². The SMILES string of the molecule is BrN1CCOCC1.CCOCC. The minimum absolute atomic E-state index is 0.844. The monoisotopic (exact) mass is 239 g/mol. The van der Waals surface area contributed by atoms with Crippen molar-refractivity contribution >= 4 is 16.1 Å². The smallest absolute Gasteiger partial charge is 0.0603 e. The summed E-state index contributed by atoms with van der Waals surface area (Å²) in [6, 6.07) is 0. The van der Waals surface area contributed by atoms with E-state index in [1.165, 1.54) is 0 Å². The zero-order valence-corrected chi connectivity index (χ0v) is 9.47. The third-order valence-corrected chi connectivity index (χ3v) is 2.07. The molecule has 0 atom stereocenters. The van der Waals surface area contributed by atoms with Gasteiger partial charge in [0.2, 0.25) is 0 Å². The summed E-state index contributed by atoms with van der Waals surface area (Å²) in [5.41, 5.74) is 0. The first kappa shape index (κ1) is 12.4. The lowest BCUT2D eigenvalue weighted by atomic mass is 10.5. The molecule has 0 aliphatic carbocycles. The van der Waals surface area contributed by atoms with Crippen LogP contribution >= 0.6 is 16.1 Å². The molecule has 0 N–H and O–H groups in total. The molecule has 12 heavy (non-hydrogen) atoms. The van der Waals surface area contributed by atoms with Crippen molar-refractivity contribution in [3.8, 4) is 0 Å². The van der Waals surface area contributed by atoms with E-state index in [4.69, 9.17) is 9.47 Å². The zero-order valence-electron chi connectivity index (χ0n) is 7.88. The van der Waals surface area contributed by atoms with Crippen LogP contribution in [0.3, 0.4) is 0 Å². The Morgan fingerprint density at radius 2 is 1.75 bits per heavy atom. The van der Waals surface area contributed by atoms with Crippen molar-refractivity contribution in [3.63, 3.8) is 0 Å². The van der Waals surface area contributed by atoms with Crippen LogP contribution in [0.25, 0.3) is 0 Å². The van der Waals surface area contributed by atoms with Crippen LogP contribution in [0.1, 0.15) is 13.8 Å². The lowest BCUT2D eigenvalue weighted by Crippen LogP contribution is -2.28. The van der Waals surface area contributed by atoms with Crippen LogP contribution in [0.4, 0.5) is 0 Å². The predicted molar refractivity (Wildman–Crippen MR) is 53.5 cm³/mol. The topological polar surface area (TPSA) is 21.7 Å². The van der Waals surface area contributed by atoms with Gasteiger partial charge in [-0.3, -0.25) is 0 Å². The third-order valence-electron chi connectivity index (χ3n) is 1.36. The molecule has 0 aromatic rings. The lowest BCUT2D eigenvalue weighted by molar-refractivity contribution is 0.0800. The van der Waals surface area contributed by atoms with E-state index in [0.717, 1.165) is 39.5 Å². The minimum atomic E-state index is 0.844. The molecular formula is C8H18BrNO2.